The van der Waals surface area contributed by atoms with Gasteiger partial charge in [-0.25, -0.2) is 4.79 Å². The predicted molar refractivity (Wildman–Crippen MR) is 34.8 cm³/mol. The maximum atomic E-state index is 9.86. The highest BCUT2D eigenvalue weighted by molar-refractivity contribution is 5.68. The molecule has 0 amide bonds. The van der Waals surface area contributed by atoms with Crippen LogP contribution in [0.5, 0.6) is 0 Å². The normalized spacial score (nSPS) is 17.6. The Kier molecular flexibility index (Phi) is 2.25. The summed E-state index contributed by atoms with van der Waals surface area (Å²) in [6.45, 7) is -0.344. The molecule has 1 N–H and O–H groups in total. The number of nitrogens with zero attached hydrogens (tertiary/aromatic N) is 1. The molecule has 10 heavy (non-hydrogen) atoms. The standard InChI is InChI=1S/C6H9NO3/c8-6(9)4-10-7-3-5-1-2-5/h3,5H,1-2,4H2,(H,8,9)/b7-3+. The fourth-order valence-corrected chi connectivity index (χ4v) is 0.467. The first-order valence-corrected chi connectivity index (χ1v) is 3.16. The first kappa shape index (κ1) is 7.05. The van der Waals surface area contributed by atoms with E-state index < -0.39 is 5.97 Å². The van der Waals surface area contributed by atoms with Crippen molar-refractivity contribution in [3.8, 4) is 0 Å². The number of hydrogen-bond donors (Lipinski definition) is 1. The van der Waals surface area contributed by atoms with Crippen LogP contribution in [0.3, 0.4) is 0 Å². The number of hydrogen-bond acceptors (Lipinski definition) is 3. The van der Waals surface area contributed by atoms with Crippen molar-refractivity contribution in [3.63, 3.8) is 0 Å². The number of carbonyl (C=O) groups is 1. The number of aliphatic carboxylic acids is 1. The second-order valence-electron chi connectivity index (χ2n) is 2.26. The molecule has 0 heterocycles. The van der Waals surface area contributed by atoms with Gasteiger partial charge in [-0.15, -0.1) is 0 Å². The number of carboxylic acids is 1. The Morgan fingerprint density at radius 2 is 2.50 bits per heavy atom. The molecule has 0 aromatic heterocycles. The summed E-state index contributed by atoms with van der Waals surface area (Å²) in [5, 5.41) is 11.6. The smallest absolute Gasteiger partial charge is 0.344 e. The van der Waals surface area contributed by atoms with Crippen molar-refractivity contribution in [1.82, 2.24) is 0 Å². The second-order valence-corrected chi connectivity index (χ2v) is 2.26. The van der Waals surface area contributed by atoms with Crippen molar-refractivity contribution in [3.05, 3.63) is 0 Å². The summed E-state index contributed by atoms with van der Waals surface area (Å²) in [5.74, 6) is -0.457. The molecule has 0 spiro atoms. The molecule has 0 unspecified atom stereocenters. The highest BCUT2D eigenvalue weighted by Crippen LogP contribution is 2.26. The number of rotatable bonds is 4. The van der Waals surface area contributed by atoms with E-state index in [1.807, 2.05) is 0 Å². The minimum atomic E-state index is -0.993. The Balaban J connectivity index is 1.98. The van der Waals surface area contributed by atoms with E-state index in [9.17, 15) is 4.79 Å². The van der Waals surface area contributed by atoms with Crippen LogP contribution in [-0.2, 0) is 9.63 Å². The SMILES string of the molecule is O=C(O)CO/N=C/C1CC1. The second kappa shape index (κ2) is 3.20. The molecule has 0 bridgehead atoms. The summed E-state index contributed by atoms with van der Waals surface area (Å²) in [6, 6.07) is 0. The molecule has 0 radical (unpaired) electrons. The lowest BCUT2D eigenvalue weighted by molar-refractivity contribution is -0.142. The zero-order valence-electron chi connectivity index (χ0n) is 5.49. The Labute approximate surface area is 58.5 Å². The van der Waals surface area contributed by atoms with Crippen LogP contribution < -0.4 is 0 Å². The van der Waals surface area contributed by atoms with E-state index in [4.69, 9.17) is 5.11 Å². The van der Waals surface area contributed by atoms with E-state index in [0.717, 1.165) is 12.8 Å². The van der Waals surface area contributed by atoms with Crippen molar-refractivity contribution in [1.29, 1.82) is 0 Å². The summed E-state index contributed by atoms with van der Waals surface area (Å²) in [7, 11) is 0. The average molecular weight is 143 g/mol. The first-order chi connectivity index (χ1) is 4.79. The van der Waals surface area contributed by atoms with Crippen LogP contribution in [0, 0.1) is 5.92 Å². The van der Waals surface area contributed by atoms with Gasteiger partial charge in [0, 0.05) is 6.21 Å². The zero-order chi connectivity index (χ0) is 7.40. The number of oxime groups is 1. The van der Waals surface area contributed by atoms with Gasteiger partial charge in [-0.05, 0) is 18.8 Å². The fraction of sp³-hybridized carbons (Fsp3) is 0.667. The summed E-state index contributed by atoms with van der Waals surface area (Å²) in [6.07, 6.45) is 3.96. The van der Waals surface area contributed by atoms with Gasteiger partial charge in [-0.3, -0.25) is 0 Å². The van der Waals surface area contributed by atoms with Gasteiger partial charge in [0.1, 0.15) is 0 Å². The quantitative estimate of drug-likeness (QED) is 0.460. The Bertz CT molecular complexity index is 151. The maximum Gasteiger partial charge on any atom is 0.344 e. The molecule has 1 aliphatic rings. The zero-order valence-corrected chi connectivity index (χ0v) is 5.49. The van der Waals surface area contributed by atoms with Crippen molar-refractivity contribution in [2.75, 3.05) is 6.61 Å². The molecule has 56 valence electrons. The lowest BCUT2D eigenvalue weighted by Gasteiger charge is -1.90. The molecule has 4 nitrogen and oxygen atoms in total. The van der Waals surface area contributed by atoms with Crippen molar-refractivity contribution in [2.24, 2.45) is 11.1 Å². The molecule has 1 fully saturated rings. The van der Waals surface area contributed by atoms with E-state index in [1.165, 1.54) is 0 Å². The molecule has 0 saturated heterocycles. The Morgan fingerprint density at radius 3 is 3.00 bits per heavy atom. The van der Waals surface area contributed by atoms with Crippen LogP contribution in [0.1, 0.15) is 12.8 Å². The van der Waals surface area contributed by atoms with Gasteiger partial charge in [-0.1, -0.05) is 5.16 Å². The van der Waals surface area contributed by atoms with Crippen molar-refractivity contribution >= 4 is 12.2 Å². The van der Waals surface area contributed by atoms with Crippen molar-refractivity contribution < 1.29 is 14.7 Å². The molecule has 0 aromatic rings. The average Bonchev–Trinajstić information content (AvgIpc) is 2.62. The molecule has 1 aliphatic carbocycles. The number of carboxylic acid groups (broad SMARTS) is 1. The van der Waals surface area contributed by atoms with Gasteiger partial charge < -0.3 is 9.94 Å². The Hall–Kier alpha value is -1.06. The molecule has 0 aliphatic heterocycles. The molecule has 1 saturated carbocycles. The van der Waals surface area contributed by atoms with E-state index in [1.54, 1.807) is 6.21 Å². The summed E-state index contributed by atoms with van der Waals surface area (Å²) in [4.78, 5) is 14.3. The van der Waals surface area contributed by atoms with Crippen LogP contribution in [-0.4, -0.2) is 23.9 Å². The molecule has 0 aromatic carbocycles. The summed E-state index contributed by atoms with van der Waals surface area (Å²) >= 11 is 0. The lowest BCUT2D eigenvalue weighted by atomic mass is 10.5. The third-order valence-electron chi connectivity index (χ3n) is 1.16. The van der Waals surface area contributed by atoms with E-state index in [0.29, 0.717) is 5.92 Å². The molecular formula is C6H9NO3. The van der Waals surface area contributed by atoms with E-state index in [2.05, 4.69) is 9.99 Å². The van der Waals surface area contributed by atoms with Gasteiger partial charge in [0.25, 0.3) is 0 Å². The molecule has 1 rings (SSSR count). The van der Waals surface area contributed by atoms with Crippen LogP contribution in [0.25, 0.3) is 0 Å². The van der Waals surface area contributed by atoms with Gasteiger partial charge in [0.2, 0.25) is 6.61 Å². The van der Waals surface area contributed by atoms with Gasteiger partial charge in [0.15, 0.2) is 0 Å². The van der Waals surface area contributed by atoms with Gasteiger partial charge in [-0.2, -0.15) is 0 Å². The monoisotopic (exact) mass is 143 g/mol. The lowest BCUT2D eigenvalue weighted by Crippen LogP contribution is -2.03. The van der Waals surface area contributed by atoms with Gasteiger partial charge in [0.05, 0.1) is 0 Å². The van der Waals surface area contributed by atoms with Crippen LogP contribution in [0.4, 0.5) is 0 Å². The molecule has 0 atom stereocenters. The minimum absolute atomic E-state index is 0.344. The van der Waals surface area contributed by atoms with E-state index >= 15 is 0 Å². The van der Waals surface area contributed by atoms with Crippen LogP contribution in [0.2, 0.25) is 0 Å². The van der Waals surface area contributed by atoms with Crippen LogP contribution in [0.15, 0.2) is 5.16 Å². The fourth-order valence-electron chi connectivity index (χ4n) is 0.467. The molecule has 4 heteroatoms. The van der Waals surface area contributed by atoms with Crippen LogP contribution >= 0.6 is 0 Å². The van der Waals surface area contributed by atoms with Crippen molar-refractivity contribution in [2.45, 2.75) is 12.8 Å². The Morgan fingerprint density at radius 1 is 1.80 bits per heavy atom. The highest BCUT2D eigenvalue weighted by atomic mass is 16.6. The van der Waals surface area contributed by atoms with Gasteiger partial charge >= 0.3 is 5.97 Å². The third kappa shape index (κ3) is 3.06. The summed E-state index contributed by atoms with van der Waals surface area (Å²) in [5.41, 5.74) is 0. The topological polar surface area (TPSA) is 58.9 Å². The summed E-state index contributed by atoms with van der Waals surface area (Å²) < 4.78 is 0. The van der Waals surface area contributed by atoms with E-state index in [-0.39, 0.29) is 6.61 Å². The highest BCUT2D eigenvalue weighted by Gasteiger charge is 2.18. The largest absolute Gasteiger partial charge is 0.479 e. The first-order valence-electron chi connectivity index (χ1n) is 3.16. The molecular weight excluding hydrogens is 134 g/mol. The predicted octanol–water partition coefficient (Wildman–Crippen LogP) is 0.483. The maximum absolute atomic E-state index is 9.86. The third-order valence-corrected chi connectivity index (χ3v) is 1.16. The minimum Gasteiger partial charge on any atom is -0.479 e.